The molecule has 0 saturated heterocycles. The van der Waals surface area contributed by atoms with Crippen LogP contribution in [0, 0.1) is 17.5 Å². The van der Waals surface area contributed by atoms with Crippen LogP contribution in [0.3, 0.4) is 0 Å². The maximum absolute atomic E-state index is 13.5. The molecule has 2 rings (SSSR count). The first-order valence-electron chi connectivity index (χ1n) is 6.71. The minimum absolute atomic E-state index is 0.205. The second kappa shape index (κ2) is 7.48. The number of halogens is 4. The Morgan fingerprint density at radius 3 is 2.42 bits per heavy atom. The van der Waals surface area contributed by atoms with E-state index in [1.807, 2.05) is 5.32 Å². The zero-order chi connectivity index (χ0) is 17.9. The van der Waals surface area contributed by atoms with Crippen LogP contribution < -0.4 is 5.32 Å². The topological polar surface area (TPSA) is 55.4 Å². The zero-order valence-corrected chi connectivity index (χ0v) is 13.9. The summed E-state index contributed by atoms with van der Waals surface area (Å²) in [6.45, 7) is 1.27. The van der Waals surface area contributed by atoms with Crippen LogP contribution in [-0.4, -0.2) is 18.0 Å². The van der Waals surface area contributed by atoms with Gasteiger partial charge in [-0.05, 0) is 47.1 Å². The number of amides is 1. The van der Waals surface area contributed by atoms with Crippen molar-refractivity contribution in [1.82, 2.24) is 0 Å². The van der Waals surface area contributed by atoms with Crippen LogP contribution in [0.5, 0.6) is 0 Å². The summed E-state index contributed by atoms with van der Waals surface area (Å²) < 4.78 is 45.0. The van der Waals surface area contributed by atoms with Gasteiger partial charge in [0.05, 0.1) is 11.3 Å². The average Bonchev–Trinajstić information content (AvgIpc) is 2.55. The summed E-state index contributed by atoms with van der Waals surface area (Å²) in [4.78, 5) is 23.9. The molecule has 1 amide bonds. The Labute approximate surface area is 143 Å². The molecule has 0 unspecified atom stereocenters. The first-order valence-corrected chi connectivity index (χ1v) is 7.50. The summed E-state index contributed by atoms with van der Waals surface area (Å²) in [6.07, 6.45) is -1.28. The first kappa shape index (κ1) is 18.0. The van der Waals surface area contributed by atoms with Gasteiger partial charge in [0.25, 0.3) is 5.91 Å². The van der Waals surface area contributed by atoms with E-state index < -0.39 is 41.1 Å². The van der Waals surface area contributed by atoms with E-state index in [1.54, 1.807) is 18.2 Å². The predicted octanol–water partition coefficient (Wildman–Crippen LogP) is 4.05. The minimum atomic E-state index is -1.70. The van der Waals surface area contributed by atoms with Crippen LogP contribution in [0.2, 0.25) is 0 Å². The van der Waals surface area contributed by atoms with Crippen LogP contribution in [0.25, 0.3) is 0 Å². The monoisotopic (exact) mass is 401 g/mol. The Balaban J connectivity index is 2.07. The van der Waals surface area contributed by atoms with Gasteiger partial charge in [-0.2, -0.15) is 0 Å². The molecule has 0 bridgehead atoms. The van der Waals surface area contributed by atoms with Crippen molar-refractivity contribution in [3.8, 4) is 0 Å². The molecular formula is C16H11BrF3NO3. The molecular weight excluding hydrogens is 391 g/mol. The minimum Gasteiger partial charge on any atom is -0.449 e. The second-order valence-corrected chi connectivity index (χ2v) is 5.59. The van der Waals surface area contributed by atoms with Gasteiger partial charge >= 0.3 is 5.97 Å². The Bertz CT molecular complexity index is 798. The predicted molar refractivity (Wildman–Crippen MR) is 84.0 cm³/mol. The van der Waals surface area contributed by atoms with E-state index in [4.69, 9.17) is 4.74 Å². The Morgan fingerprint density at radius 2 is 1.75 bits per heavy atom. The van der Waals surface area contributed by atoms with Gasteiger partial charge in [0.15, 0.2) is 23.6 Å². The SMILES string of the molecule is C[C@H](OC(=O)c1ccccc1Br)C(=O)Nc1ccc(F)c(F)c1F. The maximum Gasteiger partial charge on any atom is 0.340 e. The fourth-order valence-electron chi connectivity index (χ4n) is 1.76. The molecule has 1 N–H and O–H groups in total. The highest BCUT2D eigenvalue weighted by molar-refractivity contribution is 9.10. The molecule has 4 nitrogen and oxygen atoms in total. The van der Waals surface area contributed by atoms with E-state index in [-0.39, 0.29) is 5.56 Å². The molecule has 0 aromatic heterocycles. The van der Waals surface area contributed by atoms with E-state index in [0.29, 0.717) is 10.5 Å². The van der Waals surface area contributed by atoms with Crippen molar-refractivity contribution in [2.45, 2.75) is 13.0 Å². The Morgan fingerprint density at radius 1 is 1.08 bits per heavy atom. The van der Waals surface area contributed by atoms with E-state index >= 15 is 0 Å². The van der Waals surface area contributed by atoms with Crippen molar-refractivity contribution >= 4 is 33.5 Å². The van der Waals surface area contributed by atoms with Crippen molar-refractivity contribution in [1.29, 1.82) is 0 Å². The molecule has 126 valence electrons. The number of rotatable bonds is 4. The van der Waals surface area contributed by atoms with Gasteiger partial charge in [-0.3, -0.25) is 4.79 Å². The third-order valence-corrected chi connectivity index (χ3v) is 3.73. The molecule has 2 aromatic rings. The summed E-state index contributed by atoms with van der Waals surface area (Å²) in [5, 5.41) is 2.04. The van der Waals surface area contributed by atoms with Crippen LogP contribution in [0.1, 0.15) is 17.3 Å². The van der Waals surface area contributed by atoms with E-state index in [0.717, 1.165) is 6.07 Å². The van der Waals surface area contributed by atoms with Crippen LogP contribution in [0.15, 0.2) is 40.9 Å². The van der Waals surface area contributed by atoms with Gasteiger partial charge in [0.2, 0.25) is 0 Å². The number of carbonyl (C=O) groups excluding carboxylic acids is 2. The molecule has 8 heteroatoms. The second-order valence-electron chi connectivity index (χ2n) is 4.74. The smallest absolute Gasteiger partial charge is 0.340 e. The first-order chi connectivity index (χ1) is 11.3. The average molecular weight is 402 g/mol. The highest BCUT2D eigenvalue weighted by atomic mass is 79.9. The number of hydrogen-bond acceptors (Lipinski definition) is 3. The molecule has 0 aliphatic rings. The molecule has 24 heavy (non-hydrogen) atoms. The molecule has 1 atom stereocenters. The van der Waals surface area contributed by atoms with Crippen LogP contribution >= 0.6 is 15.9 Å². The fraction of sp³-hybridized carbons (Fsp3) is 0.125. The lowest BCUT2D eigenvalue weighted by Gasteiger charge is -2.14. The van der Waals surface area contributed by atoms with Gasteiger partial charge in [0.1, 0.15) is 0 Å². The van der Waals surface area contributed by atoms with Crippen molar-refractivity contribution in [2.75, 3.05) is 5.32 Å². The number of benzene rings is 2. The lowest BCUT2D eigenvalue weighted by molar-refractivity contribution is -0.123. The molecule has 2 aromatic carbocycles. The quantitative estimate of drug-likeness (QED) is 0.620. The van der Waals surface area contributed by atoms with Crippen LogP contribution in [-0.2, 0) is 9.53 Å². The van der Waals surface area contributed by atoms with Gasteiger partial charge in [-0.1, -0.05) is 12.1 Å². The van der Waals surface area contributed by atoms with Crippen molar-refractivity contribution in [3.05, 3.63) is 63.9 Å². The lowest BCUT2D eigenvalue weighted by atomic mass is 10.2. The number of anilines is 1. The largest absolute Gasteiger partial charge is 0.449 e. The highest BCUT2D eigenvalue weighted by Crippen LogP contribution is 2.21. The molecule has 0 aliphatic carbocycles. The maximum atomic E-state index is 13.5. The molecule has 0 heterocycles. The Kier molecular flexibility index (Phi) is 5.61. The molecule has 0 saturated carbocycles. The van der Waals surface area contributed by atoms with Gasteiger partial charge < -0.3 is 10.1 Å². The van der Waals surface area contributed by atoms with Gasteiger partial charge in [-0.15, -0.1) is 0 Å². The van der Waals surface area contributed by atoms with Crippen molar-refractivity contribution in [2.24, 2.45) is 0 Å². The highest BCUT2D eigenvalue weighted by Gasteiger charge is 2.22. The van der Waals surface area contributed by atoms with Gasteiger partial charge in [-0.25, -0.2) is 18.0 Å². The third kappa shape index (κ3) is 3.94. The summed E-state index contributed by atoms with van der Waals surface area (Å²) in [5.41, 5.74) is -0.348. The number of nitrogens with one attached hydrogen (secondary N) is 1. The Hall–Kier alpha value is -2.35. The zero-order valence-electron chi connectivity index (χ0n) is 12.3. The third-order valence-electron chi connectivity index (χ3n) is 3.04. The number of hydrogen-bond donors (Lipinski definition) is 1. The van der Waals surface area contributed by atoms with E-state index in [1.165, 1.54) is 13.0 Å². The summed E-state index contributed by atoms with van der Waals surface area (Å²) >= 11 is 3.17. The number of ether oxygens (including phenoxy) is 1. The van der Waals surface area contributed by atoms with E-state index in [2.05, 4.69) is 15.9 Å². The normalized spacial score (nSPS) is 11.7. The fourth-order valence-corrected chi connectivity index (χ4v) is 2.21. The van der Waals surface area contributed by atoms with Crippen LogP contribution in [0.4, 0.5) is 18.9 Å². The summed E-state index contributed by atoms with van der Waals surface area (Å²) in [5.74, 6) is -6.27. The van der Waals surface area contributed by atoms with Crippen molar-refractivity contribution in [3.63, 3.8) is 0 Å². The van der Waals surface area contributed by atoms with E-state index in [9.17, 15) is 22.8 Å². The molecule has 0 radical (unpaired) electrons. The summed E-state index contributed by atoms with van der Waals surface area (Å²) in [6, 6.07) is 7.97. The molecule has 0 aliphatic heterocycles. The molecule has 0 fully saturated rings. The van der Waals surface area contributed by atoms with Gasteiger partial charge in [0, 0.05) is 4.47 Å². The molecule has 0 spiro atoms. The lowest BCUT2D eigenvalue weighted by Crippen LogP contribution is -2.30. The number of esters is 1. The van der Waals surface area contributed by atoms with Crippen molar-refractivity contribution < 1.29 is 27.5 Å². The standard InChI is InChI=1S/C16H11BrF3NO3/c1-8(24-16(23)9-4-2-3-5-10(9)17)15(22)21-12-7-6-11(18)13(19)14(12)20/h2-8H,1H3,(H,21,22)/t8-/m0/s1. The summed E-state index contributed by atoms with van der Waals surface area (Å²) in [7, 11) is 0. The number of carbonyl (C=O) groups is 2.